The van der Waals surface area contributed by atoms with Crippen LogP contribution in [0.4, 0.5) is 8.78 Å². The lowest BCUT2D eigenvalue weighted by Crippen LogP contribution is -2.42. The van der Waals surface area contributed by atoms with Crippen LogP contribution in [0.3, 0.4) is 0 Å². The van der Waals surface area contributed by atoms with E-state index in [9.17, 15) is 13.6 Å². The molecule has 1 aromatic heterocycles. The predicted octanol–water partition coefficient (Wildman–Crippen LogP) is 1.04. The number of hydrogen-bond acceptors (Lipinski definition) is 5. The van der Waals surface area contributed by atoms with Crippen LogP contribution in [0.1, 0.15) is 28.9 Å². The minimum Gasteiger partial charge on any atom is -0.433 e. The lowest BCUT2D eigenvalue weighted by Gasteiger charge is -2.23. The molecule has 1 aromatic rings. The maximum Gasteiger partial charge on any atom is 0.387 e. The van der Waals surface area contributed by atoms with Gasteiger partial charge < -0.3 is 15.4 Å². The van der Waals surface area contributed by atoms with E-state index in [1.807, 2.05) is 0 Å². The molecule has 0 bridgehead atoms. The van der Waals surface area contributed by atoms with Crippen molar-refractivity contribution in [1.29, 1.82) is 5.26 Å². The van der Waals surface area contributed by atoms with Crippen molar-refractivity contribution in [2.24, 2.45) is 0 Å². The zero-order valence-corrected chi connectivity index (χ0v) is 11.1. The first kappa shape index (κ1) is 15.1. The number of carbonyl (C=O) groups excluding carboxylic acids is 1. The molecule has 1 aliphatic heterocycles. The van der Waals surface area contributed by atoms with Crippen molar-refractivity contribution in [3.63, 3.8) is 0 Å². The molecule has 0 aromatic carbocycles. The summed E-state index contributed by atoms with van der Waals surface area (Å²) in [5, 5.41) is 14.8. The van der Waals surface area contributed by atoms with Crippen LogP contribution in [-0.4, -0.2) is 36.6 Å². The number of nitrogens with zero attached hydrogens (tertiary/aromatic N) is 2. The summed E-state index contributed by atoms with van der Waals surface area (Å²) in [6.45, 7) is -1.45. The predicted molar refractivity (Wildman–Crippen MR) is 68.9 cm³/mol. The summed E-state index contributed by atoms with van der Waals surface area (Å²) in [6, 6.07) is 2.77. The Hall–Kier alpha value is -2.27. The smallest absolute Gasteiger partial charge is 0.387 e. The van der Waals surface area contributed by atoms with E-state index in [4.69, 9.17) is 5.26 Å². The highest BCUT2D eigenvalue weighted by Crippen LogP contribution is 2.20. The Labute approximate surface area is 120 Å². The molecule has 1 fully saturated rings. The second kappa shape index (κ2) is 6.95. The topological polar surface area (TPSA) is 87.0 Å². The Morgan fingerprint density at radius 1 is 1.52 bits per heavy atom. The van der Waals surface area contributed by atoms with Gasteiger partial charge in [0.2, 0.25) is 0 Å². The lowest BCUT2D eigenvalue weighted by atomic mass is 10.1. The van der Waals surface area contributed by atoms with Gasteiger partial charge in [0.15, 0.2) is 0 Å². The normalized spacial score (nSPS) is 15.5. The van der Waals surface area contributed by atoms with Gasteiger partial charge in [0.05, 0.1) is 0 Å². The Morgan fingerprint density at radius 3 is 2.86 bits per heavy atom. The number of piperidine rings is 1. The highest BCUT2D eigenvalue weighted by molar-refractivity contribution is 5.93. The highest BCUT2D eigenvalue weighted by Gasteiger charge is 2.19. The van der Waals surface area contributed by atoms with E-state index < -0.39 is 12.5 Å². The van der Waals surface area contributed by atoms with E-state index in [-0.39, 0.29) is 23.0 Å². The molecule has 0 radical (unpaired) electrons. The highest BCUT2D eigenvalue weighted by atomic mass is 19.3. The molecule has 0 unspecified atom stereocenters. The summed E-state index contributed by atoms with van der Waals surface area (Å²) in [4.78, 5) is 15.8. The first-order chi connectivity index (χ1) is 10.1. The molecule has 0 saturated carbocycles. The summed E-state index contributed by atoms with van der Waals surface area (Å²) < 4.78 is 28.8. The molecule has 0 atom stereocenters. The monoisotopic (exact) mass is 296 g/mol. The number of pyridine rings is 1. The largest absolute Gasteiger partial charge is 0.433 e. The van der Waals surface area contributed by atoms with Crippen molar-refractivity contribution >= 4 is 5.91 Å². The number of nitrogens with one attached hydrogen (secondary N) is 2. The summed E-state index contributed by atoms with van der Waals surface area (Å²) in [6.07, 6.45) is 2.64. The first-order valence-electron chi connectivity index (χ1n) is 6.46. The number of hydrogen-bond donors (Lipinski definition) is 2. The van der Waals surface area contributed by atoms with E-state index in [1.54, 1.807) is 6.07 Å². The fourth-order valence-corrected chi connectivity index (χ4v) is 2.06. The molecule has 8 heteroatoms. The lowest BCUT2D eigenvalue weighted by molar-refractivity contribution is -0.0501. The molecule has 0 aliphatic carbocycles. The maximum atomic E-state index is 12.3. The summed E-state index contributed by atoms with van der Waals surface area (Å²) >= 11 is 0. The summed E-state index contributed by atoms with van der Waals surface area (Å²) in [5.41, 5.74) is -0.197. The van der Waals surface area contributed by atoms with Gasteiger partial charge >= 0.3 is 6.61 Å². The van der Waals surface area contributed by atoms with Crippen LogP contribution in [0.2, 0.25) is 0 Å². The van der Waals surface area contributed by atoms with E-state index in [2.05, 4.69) is 20.4 Å². The molecule has 1 saturated heterocycles. The van der Waals surface area contributed by atoms with Crippen LogP contribution >= 0.6 is 0 Å². The van der Waals surface area contributed by atoms with E-state index in [1.165, 1.54) is 0 Å². The van der Waals surface area contributed by atoms with Gasteiger partial charge in [-0.3, -0.25) is 4.79 Å². The average Bonchev–Trinajstić information content (AvgIpc) is 2.47. The number of alkyl halides is 2. The number of rotatable bonds is 4. The fourth-order valence-electron chi connectivity index (χ4n) is 2.06. The van der Waals surface area contributed by atoms with Gasteiger partial charge in [-0.2, -0.15) is 14.0 Å². The SMILES string of the molecule is N#Cc1cnc(C(=O)NC2CCNCC2)cc1OC(F)F. The Morgan fingerprint density at radius 2 is 2.24 bits per heavy atom. The maximum absolute atomic E-state index is 12.3. The number of amides is 1. The van der Waals surface area contributed by atoms with Crippen molar-refractivity contribution in [2.45, 2.75) is 25.5 Å². The van der Waals surface area contributed by atoms with Gasteiger partial charge in [-0.1, -0.05) is 0 Å². The van der Waals surface area contributed by atoms with Crippen LogP contribution in [0, 0.1) is 11.3 Å². The zero-order valence-electron chi connectivity index (χ0n) is 11.1. The third-order valence-corrected chi connectivity index (χ3v) is 3.11. The van der Waals surface area contributed by atoms with Crippen molar-refractivity contribution in [2.75, 3.05) is 13.1 Å². The molecule has 2 N–H and O–H groups in total. The third-order valence-electron chi connectivity index (χ3n) is 3.11. The van der Waals surface area contributed by atoms with Crippen LogP contribution in [0.15, 0.2) is 12.3 Å². The van der Waals surface area contributed by atoms with Gasteiger partial charge in [0.1, 0.15) is 23.1 Å². The zero-order chi connectivity index (χ0) is 15.2. The number of carbonyl (C=O) groups is 1. The Balaban J connectivity index is 2.11. The molecule has 2 rings (SSSR count). The average molecular weight is 296 g/mol. The second-order valence-corrected chi connectivity index (χ2v) is 4.55. The molecule has 1 amide bonds. The number of aromatic nitrogens is 1. The minimum absolute atomic E-state index is 0.0238. The molecule has 112 valence electrons. The molecule has 6 nitrogen and oxygen atoms in total. The molecular formula is C13H14F2N4O2. The quantitative estimate of drug-likeness (QED) is 0.866. The number of ether oxygens (including phenoxy) is 1. The standard InChI is InChI=1S/C13H14F2N4O2/c14-13(15)21-11-5-10(18-7-8(11)6-16)12(20)19-9-1-3-17-4-2-9/h5,7,9,13,17H,1-4H2,(H,19,20). The number of nitriles is 1. The Bertz CT molecular complexity index is 554. The summed E-state index contributed by atoms with van der Waals surface area (Å²) in [7, 11) is 0. The molecule has 0 spiro atoms. The van der Waals surface area contributed by atoms with Crippen LogP contribution < -0.4 is 15.4 Å². The van der Waals surface area contributed by atoms with Crippen LogP contribution in [-0.2, 0) is 0 Å². The minimum atomic E-state index is -3.07. The van der Waals surface area contributed by atoms with Gasteiger partial charge in [-0.25, -0.2) is 4.98 Å². The van der Waals surface area contributed by atoms with E-state index in [0.717, 1.165) is 38.2 Å². The van der Waals surface area contributed by atoms with Crippen molar-refractivity contribution in [3.05, 3.63) is 23.5 Å². The van der Waals surface area contributed by atoms with Gasteiger partial charge in [0, 0.05) is 18.3 Å². The van der Waals surface area contributed by atoms with Crippen molar-refractivity contribution in [3.8, 4) is 11.8 Å². The molecule has 1 aliphatic rings. The van der Waals surface area contributed by atoms with Crippen molar-refractivity contribution in [1.82, 2.24) is 15.6 Å². The molecule has 21 heavy (non-hydrogen) atoms. The fraction of sp³-hybridized carbons (Fsp3) is 0.462. The molecular weight excluding hydrogens is 282 g/mol. The van der Waals surface area contributed by atoms with Gasteiger partial charge in [0.25, 0.3) is 5.91 Å². The van der Waals surface area contributed by atoms with Crippen LogP contribution in [0.25, 0.3) is 0 Å². The van der Waals surface area contributed by atoms with Gasteiger partial charge in [-0.15, -0.1) is 0 Å². The van der Waals surface area contributed by atoms with Crippen LogP contribution in [0.5, 0.6) is 5.75 Å². The molecule has 2 heterocycles. The second-order valence-electron chi connectivity index (χ2n) is 4.55. The van der Waals surface area contributed by atoms with E-state index >= 15 is 0 Å². The number of halogens is 2. The Kier molecular flexibility index (Phi) is 5.00. The third kappa shape index (κ3) is 4.10. The van der Waals surface area contributed by atoms with Gasteiger partial charge in [-0.05, 0) is 25.9 Å². The van der Waals surface area contributed by atoms with Crippen molar-refractivity contribution < 1.29 is 18.3 Å². The summed E-state index contributed by atoms with van der Waals surface area (Å²) in [5.74, 6) is -0.816. The first-order valence-corrected chi connectivity index (χ1v) is 6.46. The van der Waals surface area contributed by atoms with E-state index in [0.29, 0.717) is 0 Å².